The van der Waals surface area contributed by atoms with Gasteiger partial charge >= 0.3 is 6.09 Å². The maximum atomic E-state index is 14.6. The van der Waals surface area contributed by atoms with Crippen LogP contribution in [0.3, 0.4) is 0 Å². The van der Waals surface area contributed by atoms with Crippen molar-refractivity contribution in [2.24, 2.45) is 0 Å². The number of aliphatic hydroxyl groups excluding tert-OH is 3. The highest BCUT2D eigenvalue weighted by atomic mass is 19.2. The van der Waals surface area contributed by atoms with Gasteiger partial charge in [0.05, 0.1) is 12.9 Å². The van der Waals surface area contributed by atoms with Gasteiger partial charge in [-0.05, 0) is 20.8 Å². The highest BCUT2D eigenvalue weighted by Gasteiger charge is 2.41. The van der Waals surface area contributed by atoms with Crippen molar-refractivity contribution in [1.29, 1.82) is 0 Å². The Hall–Kier alpha value is -2.85. The average molecular weight is 411 g/mol. The van der Waals surface area contributed by atoms with E-state index in [9.17, 15) is 24.5 Å². The molecule has 2 heterocycles. The maximum Gasteiger partial charge on any atom is 0.413 e. The summed E-state index contributed by atoms with van der Waals surface area (Å²) in [6.07, 6.45) is 2.92. The standard InChI is InChI=1S/C17H22FN5O6/c1-5-10(26)17(18,7-25)28-11(6-24)23-9-21-12-13(19-8-20-14(12)23)22-15(27)29-16(2,3)4/h1,8-11,24-26H,6-7H2,2-4H3,(H,19,20,22,27)/t10-,11+,17+/m0/s1. The van der Waals surface area contributed by atoms with E-state index in [1.165, 1.54) is 0 Å². The molecule has 0 saturated heterocycles. The molecule has 0 aromatic carbocycles. The Morgan fingerprint density at radius 3 is 2.62 bits per heavy atom. The molecule has 12 heteroatoms. The van der Waals surface area contributed by atoms with Gasteiger partial charge in [0.2, 0.25) is 0 Å². The summed E-state index contributed by atoms with van der Waals surface area (Å²) in [5, 5.41) is 30.9. The normalized spacial score (nSPS) is 15.9. The molecule has 0 spiro atoms. The maximum absolute atomic E-state index is 14.6. The summed E-state index contributed by atoms with van der Waals surface area (Å²) in [5.41, 5.74) is -0.565. The minimum atomic E-state index is -3.04. The minimum Gasteiger partial charge on any atom is -0.444 e. The van der Waals surface area contributed by atoms with Crippen molar-refractivity contribution in [2.75, 3.05) is 18.5 Å². The van der Waals surface area contributed by atoms with E-state index in [2.05, 4.69) is 20.3 Å². The SMILES string of the molecule is C#C[C@H](O)[C@@](F)(CO)O[C@H](CO)n1cnc2c(NC(=O)OC(C)(C)C)ncnc21. The molecular formula is C17H22FN5O6. The second-order valence-corrected chi connectivity index (χ2v) is 6.94. The molecule has 0 aliphatic heterocycles. The van der Waals surface area contributed by atoms with Crippen LogP contribution < -0.4 is 5.32 Å². The van der Waals surface area contributed by atoms with Crippen molar-refractivity contribution >= 4 is 23.1 Å². The quantitative estimate of drug-likeness (QED) is 0.472. The summed E-state index contributed by atoms with van der Waals surface area (Å²) in [7, 11) is 0. The lowest BCUT2D eigenvalue weighted by Gasteiger charge is -2.30. The number of ether oxygens (including phenoxy) is 2. The zero-order valence-corrected chi connectivity index (χ0v) is 16.0. The number of fused-ring (bicyclic) bond motifs is 1. The molecule has 3 atom stereocenters. The van der Waals surface area contributed by atoms with Gasteiger partial charge in [0.1, 0.15) is 18.5 Å². The summed E-state index contributed by atoms with van der Waals surface area (Å²) in [5.74, 6) is -1.31. The first kappa shape index (κ1) is 22.4. The predicted molar refractivity (Wildman–Crippen MR) is 98.2 cm³/mol. The van der Waals surface area contributed by atoms with Crippen LogP contribution in [0.2, 0.25) is 0 Å². The highest BCUT2D eigenvalue weighted by molar-refractivity contribution is 5.93. The number of terminal acetylenes is 1. The van der Waals surface area contributed by atoms with Crippen molar-refractivity contribution in [3.05, 3.63) is 12.7 Å². The van der Waals surface area contributed by atoms with E-state index in [4.69, 9.17) is 15.9 Å². The Bertz CT molecular complexity index is 908. The van der Waals surface area contributed by atoms with Gasteiger partial charge in [-0.3, -0.25) is 9.88 Å². The fourth-order valence-electron chi connectivity index (χ4n) is 2.28. The molecule has 1 amide bonds. The van der Waals surface area contributed by atoms with Gasteiger partial charge in [-0.15, -0.1) is 6.42 Å². The fourth-order valence-corrected chi connectivity index (χ4v) is 2.28. The molecule has 2 aromatic heterocycles. The van der Waals surface area contributed by atoms with Crippen molar-refractivity contribution in [2.45, 2.75) is 44.6 Å². The van der Waals surface area contributed by atoms with Crippen LogP contribution in [-0.2, 0) is 9.47 Å². The molecule has 0 fully saturated rings. The topological polar surface area (TPSA) is 152 Å². The number of carbonyl (C=O) groups excluding carboxylic acids is 1. The summed E-state index contributed by atoms with van der Waals surface area (Å²) in [4.78, 5) is 23.9. The lowest BCUT2D eigenvalue weighted by atomic mass is 10.2. The molecule has 0 aliphatic carbocycles. The number of aromatic nitrogens is 4. The number of anilines is 1. The van der Waals surface area contributed by atoms with Gasteiger partial charge < -0.3 is 24.8 Å². The van der Waals surface area contributed by atoms with Gasteiger partial charge in [-0.25, -0.2) is 24.1 Å². The lowest BCUT2D eigenvalue weighted by molar-refractivity contribution is -0.257. The summed E-state index contributed by atoms with van der Waals surface area (Å²) in [6, 6.07) is 0. The van der Waals surface area contributed by atoms with E-state index in [0.717, 1.165) is 17.2 Å². The third-order valence-electron chi connectivity index (χ3n) is 3.56. The predicted octanol–water partition coefficient (Wildman–Crippen LogP) is 0.333. The number of nitrogens with one attached hydrogen (secondary N) is 1. The van der Waals surface area contributed by atoms with Crippen LogP contribution in [0.15, 0.2) is 12.7 Å². The smallest absolute Gasteiger partial charge is 0.413 e. The molecule has 29 heavy (non-hydrogen) atoms. The molecule has 0 aliphatic rings. The molecule has 0 unspecified atom stereocenters. The van der Waals surface area contributed by atoms with Crippen molar-refractivity contribution in [1.82, 2.24) is 19.5 Å². The first-order chi connectivity index (χ1) is 13.5. The third-order valence-corrected chi connectivity index (χ3v) is 3.56. The van der Waals surface area contributed by atoms with Gasteiger partial charge in [-0.2, -0.15) is 0 Å². The van der Waals surface area contributed by atoms with E-state index < -0.39 is 43.1 Å². The summed E-state index contributed by atoms with van der Waals surface area (Å²) < 4.78 is 25.9. The van der Waals surface area contributed by atoms with Gasteiger partial charge in [0.25, 0.3) is 5.85 Å². The largest absolute Gasteiger partial charge is 0.444 e. The molecule has 0 bridgehead atoms. The first-order valence-electron chi connectivity index (χ1n) is 8.45. The number of alkyl halides is 1. The summed E-state index contributed by atoms with van der Waals surface area (Å²) in [6.45, 7) is 3.04. The zero-order valence-electron chi connectivity index (χ0n) is 16.0. The molecule has 0 radical (unpaired) electrons. The average Bonchev–Trinajstić information content (AvgIpc) is 3.08. The van der Waals surface area contributed by atoms with Crippen LogP contribution in [0, 0.1) is 12.3 Å². The second-order valence-electron chi connectivity index (χ2n) is 6.94. The van der Waals surface area contributed by atoms with E-state index in [0.29, 0.717) is 0 Å². The molecular weight excluding hydrogens is 389 g/mol. The molecule has 11 nitrogen and oxygen atoms in total. The van der Waals surface area contributed by atoms with Crippen molar-refractivity contribution in [3.8, 4) is 12.3 Å². The molecule has 0 saturated carbocycles. The Kier molecular flexibility index (Phi) is 6.70. The number of amides is 1. The Balaban J connectivity index is 2.35. The fraction of sp³-hybridized carbons (Fsp3) is 0.529. The van der Waals surface area contributed by atoms with Crippen LogP contribution in [-0.4, -0.2) is 71.7 Å². The van der Waals surface area contributed by atoms with Crippen LogP contribution in [0.1, 0.15) is 27.0 Å². The number of rotatable bonds is 7. The number of imidazole rings is 1. The lowest BCUT2D eigenvalue weighted by Crippen LogP contribution is -2.45. The number of carbonyl (C=O) groups is 1. The van der Waals surface area contributed by atoms with E-state index in [-0.39, 0.29) is 17.0 Å². The number of halogens is 1. The van der Waals surface area contributed by atoms with E-state index in [1.54, 1.807) is 26.7 Å². The highest BCUT2D eigenvalue weighted by Crippen LogP contribution is 2.28. The minimum absolute atomic E-state index is 0.0111. The van der Waals surface area contributed by atoms with E-state index in [1.807, 2.05) is 0 Å². The molecule has 2 aromatic rings. The van der Waals surface area contributed by atoms with Gasteiger partial charge in [0, 0.05) is 0 Å². The Morgan fingerprint density at radius 1 is 1.38 bits per heavy atom. The number of nitrogens with zero attached hydrogens (tertiary/aromatic N) is 4. The van der Waals surface area contributed by atoms with Crippen LogP contribution in [0.4, 0.5) is 15.0 Å². The number of hydrogen-bond donors (Lipinski definition) is 4. The summed E-state index contributed by atoms with van der Waals surface area (Å²) >= 11 is 0. The molecule has 2 rings (SSSR count). The van der Waals surface area contributed by atoms with Crippen molar-refractivity contribution < 1.29 is 34.0 Å². The van der Waals surface area contributed by atoms with Crippen LogP contribution in [0.25, 0.3) is 11.2 Å². The van der Waals surface area contributed by atoms with Gasteiger partial charge in [0.15, 0.2) is 29.3 Å². The Labute approximate surface area is 165 Å². The second kappa shape index (κ2) is 8.66. The van der Waals surface area contributed by atoms with Crippen LogP contribution >= 0.6 is 0 Å². The van der Waals surface area contributed by atoms with E-state index >= 15 is 0 Å². The third kappa shape index (κ3) is 5.15. The zero-order chi connectivity index (χ0) is 21.8. The number of aliphatic hydroxyl groups is 3. The van der Waals surface area contributed by atoms with Crippen LogP contribution in [0.5, 0.6) is 0 Å². The first-order valence-corrected chi connectivity index (χ1v) is 8.45. The molecule has 4 N–H and O–H groups in total. The number of hydrogen-bond acceptors (Lipinski definition) is 9. The van der Waals surface area contributed by atoms with Crippen molar-refractivity contribution in [3.63, 3.8) is 0 Å². The monoisotopic (exact) mass is 411 g/mol. The van der Waals surface area contributed by atoms with Gasteiger partial charge in [-0.1, -0.05) is 5.92 Å². The molecule has 158 valence electrons. The Morgan fingerprint density at radius 2 is 2.07 bits per heavy atom.